The molecule has 1 aromatic heterocycles. The van der Waals surface area contributed by atoms with Crippen molar-refractivity contribution in [2.24, 2.45) is 5.92 Å². The molecule has 2 heterocycles. The van der Waals surface area contributed by atoms with Crippen LogP contribution < -0.4 is 0 Å². The minimum atomic E-state index is -0.618. The molecule has 2 rings (SSSR count). The van der Waals surface area contributed by atoms with E-state index in [0.29, 0.717) is 17.7 Å². The fourth-order valence-corrected chi connectivity index (χ4v) is 2.67. The first kappa shape index (κ1) is 14.4. The molecule has 1 aliphatic heterocycles. The normalized spacial score (nSPS) is 21.3. The predicted molar refractivity (Wildman–Crippen MR) is 72.2 cm³/mol. The van der Waals surface area contributed by atoms with E-state index in [0.717, 1.165) is 19.0 Å². The Hall–Kier alpha value is -1.01. The Morgan fingerprint density at radius 2 is 2.42 bits per heavy atom. The van der Waals surface area contributed by atoms with Gasteiger partial charge in [-0.05, 0) is 41.8 Å². The number of pyridine rings is 1. The van der Waals surface area contributed by atoms with Gasteiger partial charge in [-0.1, -0.05) is 0 Å². The summed E-state index contributed by atoms with van der Waals surface area (Å²) >= 11 is 3.14. The average Bonchev–Trinajstić information content (AvgIpc) is 2.41. The first-order valence-corrected chi connectivity index (χ1v) is 7.06. The van der Waals surface area contributed by atoms with Crippen LogP contribution in [0.5, 0.6) is 0 Å². The molecule has 104 valence electrons. The van der Waals surface area contributed by atoms with Gasteiger partial charge < -0.3 is 10.0 Å². The molecule has 2 unspecified atom stereocenters. The van der Waals surface area contributed by atoms with Crippen molar-refractivity contribution in [2.75, 3.05) is 13.1 Å². The Morgan fingerprint density at radius 3 is 3.11 bits per heavy atom. The summed E-state index contributed by atoms with van der Waals surface area (Å²) in [4.78, 5) is 17.6. The van der Waals surface area contributed by atoms with E-state index in [2.05, 4.69) is 20.9 Å². The van der Waals surface area contributed by atoms with Crippen molar-refractivity contribution >= 4 is 21.8 Å². The number of piperidine rings is 1. The highest BCUT2D eigenvalue weighted by molar-refractivity contribution is 9.10. The third-order valence-corrected chi connectivity index (χ3v) is 3.91. The van der Waals surface area contributed by atoms with E-state index in [1.807, 2.05) is 0 Å². The molecule has 0 aliphatic carbocycles. The van der Waals surface area contributed by atoms with Gasteiger partial charge in [-0.3, -0.25) is 4.79 Å². The van der Waals surface area contributed by atoms with Crippen molar-refractivity contribution in [3.8, 4) is 0 Å². The van der Waals surface area contributed by atoms with Gasteiger partial charge in [-0.25, -0.2) is 9.37 Å². The Labute approximate surface area is 119 Å². The van der Waals surface area contributed by atoms with Gasteiger partial charge in [0.05, 0.1) is 17.9 Å². The standard InChI is InChI=1S/C13H16BrFN2O2/c1-8(18)9-3-2-4-17(7-9)13(19)10-5-12(14)16-6-11(10)15/h5-6,8-9,18H,2-4,7H2,1H3. The van der Waals surface area contributed by atoms with Gasteiger partial charge in [-0.2, -0.15) is 0 Å². The number of aliphatic hydroxyl groups excluding tert-OH is 1. The number of amides is 1. The van der Waals surface area contributed by atoms with Crippen LogP contribution in [0, 0.1) is 11.7 Å². The summed E-state index contributed by atoms with van der Waals surface area (Å²) in [5, 5.41) is 9.62. The SMILES string of the molecule is CC(O)C1CCCN(C(=O)c2cc(Br)ncc2F)C1. The van der Waals surface area contributed by atoms with Crippen molar-refractivity contribution in [1.82, 2.24) is 9.88 Å². The minimum absolute atomic E-state index is 0.0214. The topological polar surface area (TPSA) is 53.4 Å². The maximum atomic E-state index is 13.7. The fraction of sp³-hybridized carbons (Fsp3) is 0.538. The van der Waals surface area contributed by atoms with Gasteiger partial charge in [0.25, 0.3) is 5.91 Å². The van der Waals surface area contributed by atoms with Gasteiger partial charge in [0.15, 0.2) is 5.82 Å². The summed E-state index contributed by atoms with van der Waals surface area (Å²) in [7, 11) is 0. The van der Waals surface area contributed by atoms with E-state index in [9.17, 15) is 14.3 Å². The van der Waals surface area contributed by atoms with E-state index in [4.69, 9.17) is 0 Å². The molecule has 1 fully saturated rings. The van der Waals surface area contributed by atoms with Crippen molar-refractivity contribution in [3.05, 3.63) is 28.2 Å². The number of aromatic nitrogens is 1. The molecule has 2 atom stereocenters. The van der Waals surface area contributed by atoms with Crippen LogP contribution in [0.2, 0.25) is 0 Å². The van der Waals surface area contributed by atoms with Gasteiger partial charge >= 0.3 is 0 Å². The highest BCUT2D eigenvalue weighted by atomic mass is 79.9. The fourth-order valence-electron chi connectivity index (χ4n) is 2.34. The van der Waals surface area contributed by atoms with Crippen molar-refractivity contribution in [1.29, 1.82) is 0 Å². The molecule has 0 bridgehead atoms. The van der Waals surface area contributed by atoms with E-state index in [-0.39, 0.29) is 17.4 Å². The number of carbonyl (C=O) groups is 1. The molecule has 1 amide bonds. The Kier molecular flexibility index (Phi) is 4.52. The monoisotopic (exact) mass is 330 g/mol. The van der Waals surface area contributed by atoms with E-state index in [1.54, 1.807) is 11.8 Å². The Balaban J connectivity index is 2.17. The molecule has 6 heteroatoms. The molecule has 0 saturated carbocycles. The third-order valence-electron chi connectivity index (χ3n) is 3.48. The Bertz CT molecular complexity index is 482. The van der Waals surface area contributed by atoms with Gasteiger partial charge in [0.1, 0.15) is 4.60 Å². The number of hydrogen-bond donors (Lipinski definition) is 1. The lowest BCUT2D eigenvalue weighted by atomic mass is 9.93. The molecule has 1 saturated heterocycles. The number of aliphatic hydroxyl groups is 1. The van der Waals surface area contributed by atoms with Crippen molar-refractivity contribution < 1.29 is 14.3 Å². The van der Waals surface area contributed by atoms with Gasteiger partial charge in [0.2, 0.25) is 0 Å². The lowest BCUT2D eigenvalue weighted by molar-refractivity contribution is 0.0462. The number of nitrogens with zero attached hydrogens (tertiary/aromatic N) is 2. The maximum Gasteiger partial charge on any atom is 0.256 e. The second kappa shape index (κ2) is 5.96. The summed E-state index contributed by atoms with van der Waals surface area (Å²) in [5.74, 6) is -0.899. The number of hydrogen-bond acceptors (Lipinski definition) is 3. The zero-order chi connectivity index (χ0) is 14.0. The van der Waals surface area contributed by atoms with E-state index < -0.39 is 11.9 Å². The Morgan fingerprint density at radius 1 is 1.68 bits per heavy atom. The zero-order valence-electron chi connectivity index (χ0n) is 10.6. The molecule has 19 heavy (non-hydrogen) atoms. The number of rotatable bonds is 2. The average molecular weight is 331 g/mol. The number of likely N-dealkylation sites (tertiary alicyclic amines) is 1. The second-order valence-corrected chi connectivity index (χ2v) is 5.69. The van der Waals surface area contributed by atoms with Crippen LogP contribution in [0.1, 0.15) is 30.1 Å². The van der Waals surface area contributed by atoms with Crippen molar-refractivity contribution in [2.45, 2.75) is 25.9 Å². The smallest absolute Gasteiger partial charge is 0.256 e. The summed E-state index contributed by atoms with van der Waals surface area (Å²) in [6.45, 7) is 2.79. The second-order valence-electron chi connectivity index (χ2n) is 4.88. The molecular weight excluding hydrogens is 315 g/mol. The third kappa shape index (κ3) is 3.30. The molecular formula is C13H16BrFN2O2. The van der Waals surface area contributed by atoms with Crippen LogP contribution in [0.4, 0.5) is 4.39 Å². The van der Waals surface area contributed by atoms with Crippen LogP contribution in [0.15, 0.2) is 16.9 Å². The molecule has 0 spiro atoms. The summed E-state index contributed by atoms with van der Waals surface area (Å²) in [6, 6.07) is 1.39. The molecule has 0 aromatic carbocycles. The minimum Gasteiger partial charge on any atom is -0.393 e. The van der Waals surface area contributed by atoms with Crippen LogP contribution >= 0.6 is 15.9 Å². The highest BCUT2D eigenvalue weighted by Crippen LogP contribution is 2.22. The summed E-state index contributed by atoms with van der Waals surface area (Å²) < 4.78 is 14.1. The van der Waals surface area contributed by atoms with Crippen LogP contribution in [0.3, 0.4) is 0 Å². The lowest BCUT2D eigenvalue weighted by Gasteiger charge is -2.34. The lowest BCUT2D eigenvalue weighted by Crippen LogP contribution is -2.43. The van der Waals surface area contributed by atoms with E-state index in [1.165, 1.54) is 6.07 Å². The van der Waals surface area contributed by atoms with E-state index >= 15 is 0 Å². The molecule has 0 radical (unpaired) electrons. The van der Waals surface area contributed by atoms with Gasteiger partial charge in [0, 0.05) is 19.0 Å². The predicted octanol–water partition coefficient (Wildman–Crippen LogP) is 2.22. The highest BCUT2D eigenvalue weighted by Gasteiger charge is 2.28. The van der Waals surface area contributed by atoms with Crippen molar-refractivity contribution in [3.63, 3.8) is 0 Å². The number of carbonyl (C=O) groups excluding carboxylic acids is 1. The van der Waals surface area contributed by atoms with Gasteiger partial charge in [-0.15, -0.1) is 0 Å². The molecule has 1 N–H and O–H groups in total. The molecule has 1 aliphatic rings. The number of halogens is 2. The van der Waals surface area contributed by atoms with Crippen LogP contribution in [-0.4, -0.2) is 40.1 Å². The first-order valence-electron chi connectivity index (χ1n) is 6.27. The molecule has 4 nitrogen and oxygen atoms in total. The quantitative estimate of drug-likeness (QED) is 0.846. The summed E-state index contributed by atoms with van der Waals surface area (Å²) in [6.07, 6.45) is 2.30. The first-order chi connectivity index (χ1) is 8.99. The largest absolute Gasteiger partial charge is 0.393 e. The van der Waals surface area contributed by atoms with Crippen LogP contribution in [-0.2, 0) is 0 Å². The van der Waals surface area contributed by atoms with Crippen LogP contribution in [0.25, 0.3) is 0 Å². The zero-order valence-corrected chi connectivity index (χ0v) is 12.2. The summed E-state index contributed by atoms with van der Waals surface area (Å²) in [5.41, 5.74) is 0.0214. The molecule has 1 aromatic rings. The maximum absolute atomic E-state index is 13.7.